The summed E-state index contributed by atoms with van der Waals surface area (Å²) in [6, 6.07) is 2.11. The van der Waals surface area contributed by atoms with Crippen molar-refractivity contribution in [3.63, 3.8) is 0 Å². The van der Waals surface area contributed by atoms with Crippen molar-refractivity contribution in [1.82, 2.24) is 0 Å². The first-order valence-electron chi connectivity index (χ1n) is 9.61. The van der Waals surface area contributed by atoms with Crippen molar-refractivity contribution in [3.8, 4) is 0 Å². The zero-order chi connectivity index (χ0) is 18.6. The summed E-state index contributed by atoms with van der Waals surface area (Å²) in [5, 5.41) is 10.7. The number of aliphatic hydroxyl groups is 1. The second-order valence-electron chi connectivity index (χ2n) is 8.90. The van der Waals surface area contributed by atoms with E-state index in [0.29, 0.717) is 19.4 Å². The van der Waals surface area contributed by atoms with Crippen LogP contribution in [0.1, 0.15) is 42.0 Å². The monoisotopic (exact) mass is 357 g/mol. The summed E-state index contributed by atoms with van der Waals surface area (Å²) in [6.07, 6.45) is 0.326. The van der Waals surface area contributed by atoms with Gasteiger partial charge in [0.05, 0.1) is 30.1 Å². The molecular formula is C21H27NO4. The van der Waals surface area contributed by atoms with E-state index >= 15 is 0 Å². The minimum Gasteiger partial charge on any atom is -0.390 e. The van der Waals surface area contributed by atoms with Crippen LogP contribution in [0.4, 0.5) is 5.69 Å². The van der Waals surface area contributed by atoms with Crippen molar-refractivity contribution in [2.45, 2.75) is 71.0 Å². The molecule has 2 bridgehead atoms. The smallest absolute Gasteiger partial charge is 0.235 e. The summed E-state index contributed by atoms with van der Waals surface area (Å²) >= 11 is 0. The number of fused-ring (bicyclic) bond motifs is 2. The maximum atomic E-state index is 13.6. The lowest BCUT2D eigenvalue weighted by Crippen LogP contribution is -2.57. The molecule has 1 aromatic rings. The number of ether oxygens (including phenoxy) is 2. The van der Waals surface area contributed by atoms with E-state index in [0.717, 1.165) is 11.3 Å². The van der Waals surface area contributed by atoms with Crippen molar-refractivity contribution in [2.75, 3.05) is 11.5 Å². The Morgan fingerprint density at radius 2 is 1.92 bits per heavy atom. The predicted molar refractivity (Wildman–Crippen MR) is 97.1 cm³/mol. The van der Waals surface area contributed by atoms with Crippen molar-refractivity contribution in [2.24, 2.45) is 11.8 Å². The van der Waals surface area contributed by atoms with Crippen LogP contribution >= 0.6 is 0 Å². The summed E-state index contributed by atoms with van der Waals surface area (Å²) < 4.78 is 12.5. The predicted octanol–water partition coefficient (Wildman–Crippen LogP) is 2.54. The number of carbonyl (C=O) groups excluding carboxylic acids is 1. The van der Waals surface area contributed by atoms with Crippen molar-refractivity contribution in [3.05, 3.63) is 28.3 Å². The first kappa shape index (κ1) is 16.7. The van der Waals surface area contributed by atoms with Gasteiger partial charge in [-0.1, -0.05) is 0 Å². The minimum atomic E-state index is -0.630. The highest BCUT2D eigenvalue weighted by Crippen LogP contribution is 2.65. The molecule has 0 aliphatic carbocycles. The molecule has 140 valence electrons. The van der Waals surface area contributed by atoms with Gasteiger partial charge in [-0.05, 0) is 62.9 Å². The van der Waals surface area contributed by atoms with E-state index in [1.165, 1.54) is 16.7 Å². The van der Waals surface area contributed by atoms with Gasteiger partial charge in [-0.3, -0.25) is 9.69 Å². The molecule has 4 fully saturated rings. The molecule has 4 aliphatic rings. The van der Waals surface area contributed by atoms with Crippen LogP contribution < -0.4 is 4.90 Å². The molecule has 4 saturated heterocycles. The Hall–Kier alpha value is -1.43. The Morgan fingerprint density at radius 3 is 2.65 bits per heavy atom. The van der Waals surface area contributed by atoms with Gasteiger partial charge in [0.25, 0.3) is 0 Å². The number of aliphatic hydroxyl groups excluding tert-OH is 1. The largest absolute Gasteiger partial charge is 0.390 e. The van der Waals surface area contributed by atoms with Crippen LogP contribution in [0.3, 0.4) is 0 Å². The summed E-state index contributed by atoms with van der Waals surface area (Å²) in [5.74, 6) is -0.250. The molecule has 0 aromatic heterocycles. The molecule has 1 amide bonds. The lowest BCUT2D eigenvalue weighted by molar-refractivity contribution is -0.163. The second-order valence-corrected chi connectivity index (χ2v) is 8.90. The normalized spacial score (nSPS) is 43.3. The number of aryl methyl sites for hydroxylation is 1. The number of hydrogen-bond acceptors (Lipinski definition) is 4. The van der Waals surface area contributed by atoms with Gasteiger partial charge in [0.2, 0.25) is 5.91 Å². The number of amides is 1. The summed E-state index contributed by atoms with van der Waals surface area (Å²) in [7, 11) is 0. The van der Waals surface area contributed by atoms with E-state index in [-0.39, 0.29) is 24.0 Å². The average molecular weight is 357 g/mol. The molecule has 5 heteroatoms. The maximum absolute atomic E-state index is 13.6. The zero-order valence-corrected chi connectivity index (χ0v) is 16.1. The number of carbonyl (C=O) groups is 1. The molecule has 5 nitrogen and oxygen atoms in total. The van der Waals surface area contributed by atoms with E-state index in [2.05, 4.69) is 33.8 Å². The molecule has 4 aliphatic heterocycles. The standard InChI is InChI=1S/C21H27NO4/c1-10-8-14(13(4)12(3)11(10)2)22-18(24)16-17-19(22)25-7-6-21(17)15(23)9-20(16,5)26-21/h8,15-17,19,23H,6-7,9H2,1-5H3/t15-,16+,17-,19-,20+,21-/m0/s1. The van der Waals surface area contributed by atoms with Gasteiger partial charge in [0.1, 0.15) is 11.8 Å². The molecular weight excluding hydrogens is 330 g/mol. The maximum Gasteiger partial charge on any atom is 0.235 e. The quantitative estimate of drug-likeness (QED) is 0.839. The fourth-order valence-corrected chi connectivity index (χ4v) is 6.10. The van der Waals surface area contributed by atoms with Gasteiger partial charge in [0.15, 0.2) is 0 Å². The van der Waals surface area contributed by atoms with E-state index in [9.17, 15) is 9.90 Å². The van der Waals surface area contributed by atoms with Gasteiger partial charge in [0, 0.05) is 18.5 Å². The SMILES string of the molecule is Cc1cc(N2C(=O)[C@H]3[C@H]4[C@@H]2OCC[C@@]42O[C@]3(C)C[C@@H]2O)c(C)c(C)c1C. The second kappa shape index (κ2) is 4.89. The number of hydrogen-bond donors (Lipinski definition) is 1. The first-order chi connectivity index (χ1) is 12.2. The van der Waals surface area contributed by atoms with Crippen LogP contribution in [-0.4, -0.2) is 41.2 Å². The summed E-state index contributed by atoms with van der Waals surface area (Å²) in [6.45, 7) is 10.9. The van der Waals surface area contributed by atoms with Gasteiger partial charge < -0.3 is 14.6 Å². The Labute approximate surface area is 154 Å². The molecule has 0 saturated carbocycles. The highest BCUT2D eigenvalue weighted by atomic mass is 16.6. The Balaban J connectivity index is 1.68. The molecule has 0 radical (unpaired) electrons. The fraction of sp³-hybridized carbons (Fsp3) is 0.667. The summed E-state index contributed by atoms with van der Waals surface area (Å²) in [4.78, 5) is 15.4. The highest BCUT2D eigenvalue weighted by molar-refractivity contribution is 6.00. The van der Waals surface area contributed by atoms with Crippen LogP contribution in [0, 0.1) is 39.5 Å². The number of benzene rings is 1. The molecule has 26 heavy (non-hydrogen) atoms. The molecule has 4 heterocycles. The minimum absolute atomic E-state index is 0.0870. The van der Waals surface area contributed by atoms with Gasteiger partial charge in [-0.2, -0.15) is 0 Å². The first-order valence-corrected chi connectivity index (χ1v) is 9.61. The van der Waals surface area contributed by atoms with E-state index < -0.39 is 17.3 Å². The number of rotatable bonds is 1. The lowest BCUT2D eigenvalue weighted by atomic mass is 9.65. The Kier molecular flexibility index (Phi) is 3.14. The van der Waals surface area contributed by atoms with Crippen LogP contribution in [0.2, 0.25) is 0 Å². The van der Waals surface area contributed by atoms with Crippen molar-refractivity contribution < 1.29 is 19.4 Å². The highest BCUT2D eigenvalue weighted by Gasteiger charge is 2.78. The van der Waals surface area contributed by atoms with E-state index in [1.807, 2.05) is 11.8 Å². The average Bonchev–Trinajstić information content (AvgIpc) is 3.13. The molecule has 0 unspecified atom stereocenters. The lowest BCUT2D eigenvalue weighted by Gasteiger charge is -2.44. The molecule has 5 rings (SSSR count). The van der Waals surface area contributed by atoms with Gasteiger partial charge >= 0.3 is 0 Å². The number of anilines is 1. The van der Waals surface area contributed by atoms with E-state index in [1.54, 1.807) is 0 Å². The summed E-state index contributed by atoms with van der Waals surface area (Å²) in [5.41, 5.74) is 4.53. The Bertz CT molecular complexity index is 836. The van der Waals surface area contributed by atoms with Crippen molar-refractivity contribution >= 4 is 11.6 Å². The molecule has 1 aromatic carbocycles. The topological polar surface area (TPSA) is 59.0 Å². The number of nitrogens with zero attached hydrogens (tertiary/aromatic N) is 1. The van der Waals surface area contributed by atoms with Crippen LogP contribution in [0.25, 0.3) is 0 Å². The third-order valence-corrected chi connectivity index (χ3v) is 7.73. The van der Waals surface area contributed by atoms with Crippen LogP contribution in [-0.2, 0) is 14.3 Å². The van der Waals surface area contributed by atoms with Gasteiger partial charge in [-0.25, -0.2) is 0 Å². The van der Waals surface area contributed by atoms with Gasteiger partial charge in [-0.15, -0.1) is 0 Å². The molecule has 6 atom stereocenters. The molecule has 1 N–H and O–H groups in total. The third kappa shape index (κ3) is 1.70. The Morgan fingerprint density at radius 1 is 1.19 bits per heavy atom. The molecule has 1 spiro atoms. The van der Waals surface area contributed by atoms with Crippen LogP contribution in [0.5, 0.6) is 0 Å². The van der Waals surface area contributed by atoms with E-state index in [4.69, 9.17) is 9.47 Å². The van der Waals surface area contributed by atoms with Crippen LogP contribution in [0.15, 0.2) is 6.07 Å². The zero-order valence-electron chi connectivity index (χ0n) is 16.1. The van der Waals surface area contributed by atoms with Crippen molar-refractivity contribution in [1.29, 1.82) is 0 Å². The fourth-order valence-electron chi connectivity index (χ4n) is 6.10. The third-order valence-electron chi connectivity index (χ3n) is 7.73.